The Kier molecular flexibility index (Phi) is 3.62. The van der Waals surface area contributed by atoms with E-state index in [1.54, 1.807) is 7.11 Å². The highest BCUT2D eigenvalue weighted by molar-refractivity contribution is 7.16. The van der Waals surface area contributed by atoms with Crippen LogP contribution < -0.4 is 20.3 Å². The molecule has 0 saturated carbocycles. The van der Waals surface area contributed by atoms with Crippen molar-refractivity contribution in [2.75, 3.05) is 7.11 Å². The first-order valence-electron chi connectivity index (χ1n) is 8.84. The van der Waals surface area contributed by atoms with Gasteiger partial charge in [0.05, 0.1) is 7.11 Å². The zero-order valence-corrected chi connectivity index (χ0v) is 16.3. The molecule has 4 rings (SSSR count). The van der Waals surface area contributed by atoms with Crippen LogP contribution >= 0.6 is 0 Å². The van der Waals surface area contributed by atoms with Crippen LogP contribution in [0.4, 0.5) is 0 Å². The first kappa shape index (κ1) is 16.2. The summed E-state index contributed by atoms with van der Waals surface area (Å²) >= 11 is 0. The van der Waals surface area contributed by atoms with E-state index in [9.17, 15) is 0 Å². The van der Waals surface area contributed by atoms with Crippen molar-refractivity contribution in [2.45, 2.75) is 25.8 Å². The molecule has 2 heteroatoms. The summed E-state index contributed by atoms with van der Waals surface area (Å²) < 4.78 is 5.84. The van der Waals surface area contributed by atoms with Crippen molar-refractivity contribution in [3.63, 3.8) is 0 Å². The minimum absolute atomic E-state index is 0.115. The van der Waals surface area contributed by atoms with Gasteiger partial charge in [0.25, 0.3) is 0 Å². The number of rotatable bonds is 2. The van der Waals surface area contributed by atoms with Crippen molar-refractivity contribution in [3.05, 3.63) is 72.8 Å². The molecule has 3 aromatic carbocycles. The average molecular weight is 345 g/mol. The molecule has 0 atom stereocenters. The minimum Gasteiger partial charge on any atom is -0.497 e. The summed E-state index contributed by atoms with van der Waals surface area (Å²) in [6.45, 7) is 7.18. The Balaban J connectivity index is 2.21. The molecule has 0 radical (unpaired) electrons. The van der Waals surface area contributed by atoms with Gasteiger partial charge in [-0.3, -0.25) is 0 Å². The molecule has 1 nitrogen and oxygen atoms in total. The Morgan fingerprint density at radius 2 is 1.08 bits per heavy atom. The van der Waals surface area contributed by atoms with Crippen molar-refractivity contribution >= 4 is 23.6 Å². The van der Waals surface area contributed by atoms with E-state index >= 15 is 0 Å². The highest BCUT2D eigenvalue weighted by Crippen LogP contribution is 2.43. The highest BCUT2D eigenvalue weighted by Gasteiger charge is 2.55. The van der Waals surface area contributed by atoms with Gasteiger partial charge >= 0.3 is 0 Å². The third kappa shape index (κ3) is 2.07. The number of hydrogen-bond donors (Lipinski definition) is 0. The van der Waals surface area contributed by atoms with E-state index in [2.05, 4.69) is 93.6 Å². The first-order chi connectivity index (χ1) is 12.0. The van der Waals surface area contributed by atoms with Crippen molar-refractivity contribution in [1.82, 2.24) is 0 Å². The van der Waals surface area contributed by atoms with Crippen molar-refractivity contribution in [3.8, 4) is 16.9 Å². The second-order valence-electron chi connectivity index (χ2n) is 7.79. The van der Waals surface area contributed by atoms with Gasteiger partial charge in [-0.2, -0.15) is 0 Å². The Morgan fingerprint density at radius 3 is 1.56 bits per heavy atom. The lowest BCUT2D eigenvalue weighted by atomic mass is 10.1. The van der Waals surface area contributed by atoms with E-state index in [-0.39, 0.29) is 5.04 Å². The monoisotopic (exact) mass is 344 g/mol. The van der Waals surface area contributed by atoms with Gasteiger partial charge in [0.15, 0.2) is 8.07 Å². The quantitative estimate of drug-likeness (QED) is 0.640. The predicted molar refractivity (Wildman–Crippen MR) is 109 cm³/mol. The Labute approximate surface area is 151 Å². The molecule has 1 aliphatic rings. The Hall–Kier alpha value is -2.32. The number of para-hydroxylation sites is 1. The smallest absolute Gasteiger partial charge is 0.159 e. The molecule has 3 aromatic rings. The van der Waals surface area contributed by atoms with Crippen LogP contribution in [-0.2, 0) is 0 Å². The normalized spacial score (nSPS) is 14.7. The van der Waals surface area contributed by atoms with Crippen molar-refractivity contribution in [1.29, 1.82) is 0 Å². The van der Waals surface area contributed by atoms with Crippen LogP contribution in [0.5, 0.6) is 5.75 Å². The second-order valence-corrected chi connectivity index (χ2v) is 12.4. The second kappa shape index (κ2) is 5.60. The lowest BCUT2D eigenvalue weighted by Gasteiger charge is -2.42. The molecule has 0 aliphatic carbocycles. The van der Waals surface area contributed by atoms with E-state index in [4.69, 9.17) is 4.74 Å². The third-order valence-electron chi connectivity index (χ3n) is 5.59. The summed E-state index contributed by atoms with van der Waals surface area (Å²) in [5.41, 5.74) is 2.79. The summed E-state index contributed by atoms with van der Waals surface area (Å²) in [5, 5.41) is 4.51. The third-order valence-corrected chi connectivity index (χ3v) is 11.5. The summed E-state index contributed by atoms with van der Waals surface area (Å²) in [6, 6.07) is 26.6. The lowest BCUT2D eigenvalue weighted by Crippen LogP contribution is -2.70. The number of hydrogen-bond acceptors (Lipinski definition) is 1. The van der Waals surface area contributed by atoms with Gasteiger partial charge in [-0.15, -0.1) is 0 Å². The van der Waals surface area contributed by atoms with Crippen LogP contribution in [0.1, 0.15) is 20.8 Å². The van der Waals surface area contributed by atoms with Gasteiger partial charge in [0.1, 0.15) is 5.75 Å². The molecule has 0 spiro atoms. The number of ether oxygens (including phenoxy) is 1. The summed E-state index contributed by atoms with van der Waals surface area (Å²) in [5.74, 6) is 1.01. The zero-order chi connectivity index (χ0) is 17.7. The number of benzene rings is 3. The van der Waals surface area contributed by atoms with E-state index in [0.29, 0.717) is 0 Å². The molecular weight excluding hydrogens is 320 g/mol. The fraction of sp³-hybridized carbons (Fsp3) is 0.217. The summed E-state index contributed by atoms with van der Waals surface area (Å²) in [4.78, 5) is 0. The largest absolute Gasteiger partial charge is 0.497 e. The Bertz CT molecular complexity index is 891. The van der Waals surface area contributed by atoms with Crippen molar-refractivity contribution in [2.24, 2.45) is 0 Å². The van der Waals surface area contributed by atoms with E-state index < -0.39 is 8.07 Å². The topological polar surface area (TPSA) is 9.23 Å². The minimum atomic E-state index is -2.24. The molecule has 1 heterocycles. The molecule has 1 aliphatic heterocycles. The van der Waals surface area contributed by atoms with Crippen LogP contribution in [-0.4, -0.2) is 15.2 Å². The maximum absolute atomic E-state index is 5.84. The molecular formula is C23H24OSi. The molecule has 0 N–H and O–H groups in total. The molecule has 0 fully saturated rings. The van der Waals surface area contributed by atoms with Crippen LogP contribution in [0.2, 0.25) is 5.04 Å². The van der Waals surface area contributed by atoms with Gasteiger partial charge in [-0.1, -0.05) is 87.5 Å². The van der Waals surface area contributed by atoms with Gasteiger partial charge < -0.3 is 4.74 Å². The lowest BCUT2D eigenvalue weighted by molar-refractivity contribution is 0.417. The number of methoxy groups -OCH3 is 1. The fourth-order valence-corrected chi connectivity index (χ4v) is 10.8. The van der Waals surface area contributed by atoms with E-state index in [0.717, 1.165) is 5.75 Å². The molecule has 126 valence electrons. The summed E-state index contributed by atoms with van der Waals surface area (Å²) in [6.07, 6.45) is 0. The molecule has 0 aromatic heterocycles. The maximum Gasteiger partial charge on any atom is 0.159 e. The molecule has 0 amide bonds. The van der Waals surface area contributed by atoms with Gasteiger partial charge in [-0.25, -0.2) is 0 Å². The molecule has 25 heavy (non-hydrogen) atoms. The van der Waals surface area contributed by atoms with Gasteiger partial charge in [0, 0.05) is 0 Å². The van der Waals surface area contributed by atoms with Crippen LogP contribution in [0.15, 0.2) is 72.8 Å². The van der Waals surface area contributed by atoms with E-state index in [1.807, 2.05) is 0 Å². The highest BCUT2D eigenvalue weighted by atomic mass is 28.3. The molecule has 0 unspecified atom stereocenters. The summed E-state index contributed by atoms with van der Waals surface area (Å²) in [7, 11) is -0.454. The number of fused-ring (bicyclic) bond motifs is 3. The molecule has 0 bridgehead atoms. The average Bonchev–Trinajstić information content (AvgIpc) is 2.93. The first-order valence-corrected chi connectivity index (χ1v) is 10.8. The molecule has 0 saturated heterocycles. The predicted octanol–water partition coefficient (Wildman–Crippen LogP) is 3.95. The SMILES string of the molecule is COc1ccccc1[Si]1(C(C)(C)C)c2ccccc2-c2ccccc21. The Morgan fingerprint density at radius 1 is 0.640 bits per heavy atom. The standard InChI is InChI=1S/C23H24OSi/c1-23(2,3)25(22-16-10-7-13-19(22)24-4)20-14-8-5-11-17(20)18-12-6-9-15-21(18)25/h5-16H,1-4H3. The maximum atomic E-state index is 5.84. The fourth-order valence-electron chi connectivity index (χ4n) is 4.69. The van der Waals surface area contributed by atoms with Crippen LogP contribution in [0.3, 0.4) is 0 Å². The zero-order valence-electron chi connectivity index (χ0n) is 15.3. The van der Waals surface area contributed by atoms with Crippen LogP contribution in [0.25, 0.3) is 11.1 Å². The van der Waals surface area contributed by atoms with Crippen LogP contribution in [0, 0.1) is 0 Å². The van der Waals surface area contributed by atoms with Gasteiger partial charge in [0.2, 0.25) is 0 Å². The van der Waals surface area contributed by atoms with E-state index in [1.165, 1.54) is 26.7 Å². The van der Waals surface area contributed by atoms with Gasteiger partial charge in [-0.05, 0) is 37.8 Å². The van der Waals surface area contributed by atoms with Crippen molar-refractivity contribution < 1.29 is 4.74 Å².